The van der Waals surface area contributed by atoms with Crippen LogP contribution in [-0.4, -0.2) is 96.0 Å². The van der Waals surface area contributed by atoms with Crippen LogP contribution in [0.2, 0.25) is 0 Å². The van der Waals surface area contributed by atoms with Crippen molar-refractivity contribution < 1.29 is 19.1 Å². The molecule has 4 heterocycles. The van der Waals surface area contributed by atoms with Gasteiger partial charge in [0.15, 0.2) is 0 Å². The smallest absolute Gasteiger partial charge is 0.262 e. The van der Waals surface area contributed by atoms with Crippen molar-refractivity contribution in [3.63, 3.8) is 0 Å². The van der Waals surface area contributed by atoms with E-state index in [9.17, 15) is 14.4 Å². The lowest BCUT2D eigenvalue weighted by Crippen LogP contribution is -2.55. The molecule has 1 atom stereocenters. The SMILES string of the molecule is Cc1cc(N2CCOCC2)nc(N2CCN(C(=O)C(C)N3C(=O)c4ccccc4C3=O)CC2)n1. The van der Waals surface area contributed by atoms with E-state index in [-0.39, 0.29) is 5.91 Å². The number of aromatic nitrogens is 2. The number of amides is 3. The number of morpholine rings is 1. The Labute approximate surface area is 198 Å². The fourth-order valence-corrected chi connectivity index (χ4v) is 4.69. The van der Waals surface area contributed by atoms with Crippen LogP contribution in [0.15, 0.2) is 30.3 Å². The van der Waals surface area contributed by atoms with Gasteiger partial charge in [0, 0.05) is 51.0 Å². The molecule has 3 aliphatic rings. The minimum atomic E-state index is -0.859. The number of carbonyl (C=O) groups is 3. The Kier molecular flexibility index (Phi) is 5.91. The first kappa shape index (κ1) is 22.3. The van der Waals surface area contributed by atoms with Crippen molar-refractivity contribution in [3.05, 3.63) is 47.2 Å². The minimum absolute atomic E-state index is 0.228. The van der Waals surface area contributed by atoms with E-state index in [1.54, 1.807) is 36.1 Å². The van der Waals surface area contributed by atoms with Gasteiger partial charge in [0.2, 0.25) is 11.9 Å². The van der Waals surface area contributed by atoms with E-state index in [0.29, 0.717) is 56.5 Å². The van der Waals surface area contributed by atoms with E-state index in [1.807, 2.05) is 13.0 Å². The predicted octanol–water partition coefficient (Wildman–Crippen LogP) is 0.955. The zero-order chi connectivity index (χ0) is 23.8. The van der Waals surface area contributed by atoms with E-state index >= 15 is 0 Å². The van der Waals surface area contributed by atoms with E-state index in [1.165, 1.54) is 0 Å². The third-order valence-corrected chi connectivity index (χ3v) is 6.61. The lowest BCUT2D eigenvalue weighted by molar-refractivity contribution is -0.135. The van der Waals surface area contributed by atoms with Crippen molar-refractivity contribution in [2.45, 2.75) is 19.9 Å². The maximum absolute atomic E-state index is 13.2. The number of rotatable bonds is 4. The first-order chi connectivity index (χ1) is 16.4. The summed E-state index contributed by atoms with van der Waals surface area (Å²) in [4.78, 5) is 55.2. The van der Waals surface area contributed by atoms with Gasteiger partial charge in [-0.2, -0.15) is 4.98 Å². The zero-order valence-electron chi connectivity index (χ0n) is 19.4. The van der Waals surface area contributed by atoms with Crippen molar-refractivity contribution >= 4 is 29.5 Å². The van der Waals surface area contributed by atoms with Gasteiger partial charge in [-0.1, -0.05) is 12.1 Å². The quantitative estimate of drug-likeness (QED) is 0.617. The van der Waals surface area contributed by atoms with Crippen LogP contribution in [0.1, 0.15) is 33.3 Å². The second kappa shape index (κ2) is 9.02. The molecule has 3 amide bonds. The van der Waals surface area contributed by atoms with Crippen LogP contribution < -0.4 is 9.80 Å². The van der Waals surface area contributed by atoms with E-state index in [2.05, 4.69) is 14.8 Å². The summed E-state index contributed by atoms with van der Waals surface area (Å²) >= 11 is 0. The molecule has 0 saturated carbocycles. The van der Waals surface area contributed by atoms with Gasteiger partial charge in [0.1, 0.15) is 11.9 Å². The first-order valence-electron chi connectivity index (χ1n) is 11.6. The van der Waals surface area contributed by atoms with Crippen LogP contribution >= 0.6 is 0 Å². The summed E-state index contributed by atoms with van der Waals surface area (Å²) in [5.74, 6) is 0.492. The molecule has 2 saturated heterocycles. The Morgan fingerprint density at radius 2 is 1.53 bits per heavy atom. The number of nitrogens with zero attached hydrogens (tertiary/aromatic N) is 6. The summed E-state index contributed by atoms with van der Waals surface area (Å²) in [5, 5.41) is 0. The normalized spacial score (nSPS) is 19.5. The number of piperazine rings is 1. The highest BCUT2D eigenvalue weighted by atomic mass is 16.5. The number of hydrogen-bond donors (Lipinski definition) is 0. The van der Waals surface area contributed by atoms with Gasteiger partial charge in [-0.15, -0.1) is 0 Å². The molecule has 34 heavy (non-hydrogen) atoms. The van der Waals surface area contributed by atoms with Gasteiger partial charge in [-0.25, -0.2) is 4.98 Å². The first-order valence-corrected chi connectivity index (χ1v) is 11.6. The van der Waals surface area contributed by atoms with Crippen LogP contribution in [0.25, 0.3) is 0 Å². The highest BCUT2D eigenvalue weighted by Gasteiger charge is 2.42. The number of ether oxygens (including phenoxy) is 1. The van der Waals surface area contributed by atoms with E-state index in [4.69, 9.17) is 9.72 Å². The third-order valence-electron chi connectivity index (χ3n) is 6.61. The third kappa shape index (κ3) is 3.98. The van der Waals surface area contributed by atoms with Gasteiger partial charge >= 0.3 is 0 Å². The molecule has 1 unspecified atom stereocenters. The molecule has 5 rings (SSSR count). The summed E-state index contributed by atoms with van der Waals surface area (Å²) in [7, 11) is 0. The van der Waals surface area contributed by atoms with Gasteiger partial charge in [-0.05, 0) is 26.0 Å². The number of aryl methyl sites for hydroxylation is 1. The molecule has 0 spiro atoms. The second-order valence-corrected chi connectivity index (χ2v) is 8.78. The van der Waals surface area contributed by atoms with Crippen LogP contribution in [0.5, 0.6) is 0 Å². The maximum atomic E-state index is 13.2. The van der Waals surface area contributed by atoms with Crippen LogP contribution in [0.3, 0.4) is 0 Å². The number of hydrogen-bond acceptors (Lipinski definition) is 8. The Morgan fingerprint density at radius 1 is 0.912 bits per heavy atom. The van der Waals surface area contributed by atoms with Crippen LogP contribution in [0, 0.1) is 6.92 Å². The standard InChI is InChI=1S/C24H28N6O4/c1-16-15-20(27-11-13-34-14-12-27)26-24(25-16)29-9-7-28(8-10-29)21(31)17(2)30-22(32)18-5-3-4-6-19(18)23(30)33/h3-6,15,17H,7-14H2,1-2H3. The van der Waals surface area contributed by atoms with Crippen molar-refractivity contribution in [1.29, 1.82) is 0 Å². The fraction of sp³-hybridized carbons (Fsp3) is 0.458. The molecule has 2 fully saturated rings. The number of carbonyl (C=O) groups excluding carboxylic acids is 3. The van der Waals surface area contributed by atoms with Gasteiger partial charge in [-0.3, -0.25) is 19.3 Å². The van der Waals surface area contributed by atoms with Crippen LogP contribution in [-0.2, 0) is 9.53 Å². The van der Waals surface area contributed by atoms with Crippen molar-refractivity contribution in [3.8, 4) is 0 Å². The lowest BCUT2D eigenvalue weighted by atomic mass is 10.1. The van der Waals surface area contributed by atoms with Gasteiger partial charge < -0.3 is 19.4 Å². The largest absolute Gasteiger partial charge is 0.378 e. The summed E-state index contributed by atoms with van der Waals surface area (Å²) in [6, 6.07) is 7.81. The fourth-order valence-electron chi connectivity index (χ4n) is 4.69. The molecule has 0 radical (unpaired) electrons. The summed E-state index contributed by atoms with van der Waals surface area (Å²) in [6.07, 6.45) is 0. The van der Waals surface area contributed by atoms with Crippen molar-refractivity contribution in [2.24, 2.45) is 0 Å². The molecule has 178 valence electrons. The molecule has 0 aliphatic carbocycles. The van der Waals surface area contributed by atoms with E-state index in [0.717, 1.165) is 29.5 Å². The Balaban J connectivity index is 1.24. The van der Waals surface area contributed by atoms with E-state index < -0.39 is 17.9 Å². The molecule has 1 aromatic carbocycles. The molecular formula is C24H28N6O4. The van der Waals surface area contributed by atoms with Gasteiger partial charge in [0.05, 0.1) is 24.3 Å². The number of anilines is 2. The molecule has 1 aromatic heterocycles. The molecule has 10 nitrogen and oxygen atoms in total. The summed E-state index contributed by atoms with van der Waals surface area (Å²) in [5.41, 5.74) is 1.60. The molecule has 3 aliphatic heterocycles. The molecule has 10 heteroatoms. The molecule has 2 aromatic rings. The lowest BCUT2D eigenvalue weighted by Gasteiger charge is -2.37. The molecule has 0 N–H and O–H groups in total. The van der Waals surface area contributed by atoms with Crippen molar-refractivity contribution in [1.82, 2.24) is 19.8 Å². The highest BCUT2D eigenvalue weighted by molar-refractivity contribution is 6.22. The minimum Gasteiger partial charge on any atom is -0.378 e. The number of benzene rings is 1. The van der Waals surface area contributed by atoms with Crippen LogP contribution in [0.4, 0.5) is 11.8 Å². The molecule has 0 bridgehead atoms. The molecular weight excluding hydrogens is 436 g/mol. The Morgan fingerprint density at radius 3 is 2.15 bits per heavy atom. The Bertz CT molecular complexity index is 1090. The highest BCUT2D eigenvalue weighted by Crippen LogP contribution is 2.26. The monoisotopic (exact) mass is 464 g/mol. The van der Waals surface area contributed by atoms with Crippen molar-refractivity contribution in [2.75, 3.05) is 62.3 Å². The maximum Gasteiger partial charge on any atom is 0.262 e. The average Bonchev–Trinajstić information content (AvgIpc) is 3.13. The summed E-state index contributed by atoms with van der Waals surface area (Å²) in [6.45, 7) is 8.64. The summed E-state index contributed by atoms with van der Waals surface area (Å²) < 4.78 is 5.44. The van der Waals surface area contributed by atoms with Gasteiger partial charge in [0.25, 0.3) is 11.8 Å². The number of fused-ring (bicyclic) bond motifs is 1. The topological polar surface area (TPSA) is 99.2 Å². The Hall–Kier alpha value is -3.53. The predicted molar refractivity (Wildman–Crippen MR) is 125 cm³/mol. The zero-order valence-corrected chi connectivity index (χ0v) is 19.4. The number of imide groups is 1. The average molecular weight is 465 g/mol. The second-order valence-electron chi connectivity index (χ2n) is 8.78.